The Balaban J connectivity index is 2.28. The van der Waals surface area contributed by atoms with E-state index in [9.17, 15) is 4.79 Å². The molecular formula is C33H47NO4. The molecule has 0 spiro atoms. The van der Waals surface area contributed by atoms with Crippen molar-refractivity contribution in [3.63, 3.8) is 0 Å². The standard InChI is InChI=1S/C33H47NO4/c1-8-9-20-36-28-16-17-29-30(23-28)34-33(35)32(38-22-19-27(7)15-11-13-25(4)5)31(29)37-21-18-26(6)14-10-12-24(2)3/h12-13,16-19,23H,8-11,14-15,20-22H2,1-7H3,(H,34,35)/b26-18+,27-19+. The van der Waals surface area contributed by atoms with Crippen molar-refractivity contribution in [2.45, 2.75) is 87.0 Å². The van der Waals surface area contributed by atoms with Gasteiger partial charge in [-0.3, -0.25) is 4.79 Å². The largest absolute Gasteiger partial charge is 0.494 e. The predicted octanol–water partition coefficient (Wildman–Crippen LogP) is 8.85. The first-order valence-electron chi connectivity index (χ1n) is 13.9. The van der Waals surface area contributed by atoms with E-state index in [0.29, 0.717) is 31.1 Å². The number of fused-ring (bicyclic) bond motifs is 1. The fraction of sp³-hybridized carbons (Fsp3) is 0.485. The maximum atomic E-state index is 13.1. The molecule has 208 valence electrons. The molecule has 0 aliphatic carbocycles. The molecule has 0 atom stereocenters. The molecule has 1 aromatic heterocycles. The smallest absolute Gasteiger partial charge is 0.294 e. The highest BCUT2D eigenvalue weighted by molar-refractivity contribution is 5.88. The van der Waals surface area contributed by atoms with Crippen LogP contribution < -0.4 is 19.8 Å². The first kappa shape index (κ1) is 31.0. The molecule has 5 nitrogen and oxygen atoms in total. The van der Waals surface area contributed by atoms with Crippen LogP contribution in [-0.2, 0) is 0 Å². The van der Waals surface area contributed by atoms with Crippen LogP contribution in [0, 0.1) is 0 Å². The lowest BCUT2D eigenvalue weighted by Crippen LogP contribution is -2.14. The van der Waals surface area contributed by atoms with Crippen LogP contribution in [0.3, 0.4) is 0 Å². The summed E-state index contributed by atoms with van der Waals surface area (Å²) in [5.41, 5.74) is 5.48. The molecule has 2 aromatic rings. The fourth-order valence-corrected chi connectivity index (χ4v) is 3.84. The van der Waals surface area contributed by atoms with Gasteiger partial charge in [0.05, 0.1) is 12.1 Å². The molecule has 0 fully saturated rings. The number of hydrogen-bond acceptors (Lipinski definition) is 4. The molecule has 0 saturated carbocycles. The number of H-pyrrole nitrogens is 1. The minimum absolute atomic E-state index is 0.209. The molecule has 0 saturated heterocycles. The molecule has 1 aromatic carbocycles. The highest BCUT2D eigenvalue weighted by atomic mass is 16.5. The van der Waals surface area contributed by atoms with Crippen LogP contribution in [0.25, 0.3) is 10.9 Å². The van der Waals surface area contributed by atoms with Gasteiger partial charge in [0.1, 0.15) is 19.0 Å². The molecule has 38 heavy (non-hydrogen) atoms. The van der Waals surface area contributed by atoms with Crippen molar-refractivity contribution >= 4 is 10.9 Å². The van der Waals surface area contributed by atoms with Gasteiger partial charge >= 0.3 is 0 Å². The predicted molar refractivity (Wildman–Crippen MR) is 161 cm³/mol. The number of aromatic amines is 1. The number of benzene rings is 1. The lowest BCUT2D eigenvalue weighted by molar-refractivity contribution is 0.305. The monoisotopic (exact) mass is 521 g/mol. The van der Waals surface area contributed by atoms with Crippen molar-refractivity contribution in [2.24, 2.45) is 0 Å². The second-order valence-electron chi connectivity index (χ2n) is 10.4. The van der Waals surface area contributed by atoms with E-state index in [1.165, 1.54) is 22.3 Å². The van der Waals surface area contributed by atoms with Gasteiger partial charge in [-0.15, -0.1) is 0 Å². The van der Waals surface area contributed by atoms with Gasteiger partial charge in [-0.25, -0.2) is 0 Å². The van der Waals surface area contributed by atoms with Gasteiger partial charge in [0, 0.05) is 11.5 Å². The lowest BCUT2D eigenvalue weighted by atomic mass is 10.1. The highest BCUT2D eigenvalue weighted by Crippen LogP contribution is 2.33. The van der Waals surface area contributed by atoms with Crippen molar-refractivity contribution in [3.05, 3.63) is 75.1 Å². The number of allylic oxidation sites excluding steroid dienone is 6. The molecule has 0 aliphatic heterocycles. The summed E-state index contributed by atoms with van der Waals surface area (Å²) in [5.74, 6) is 1.40. The summed E-state index contributed by atoms with van der Waals surface area (Å²) >= 11 is 0. The van der Waals surface area contributed by atoms with Crippen molar-refractivity contribution in [1.29, 1.82) is 0 Å². The molecule has 0 amide bonds. The molecule has 0 radical (unpaired) electrons. The first-order chi connectivity index (χ1) is 18.2. The minimum atomic E-state index is -0.307. The number of rotatable bonds is 16. The van der Waals surface area contributed by atoms with Gasteiger partial charge in [0.2, 0.25) is 5.75 Å². The number of unbranched alkanes of at least 4 members (excludes halogenated alkanes) is 1. The average molecular weight is 522 g/mol. The summed E-state index contributed by atoms with van der Waals surface area (Å²) in [6.45, 7) is 16.1. The third-order valence-corrected chi connectivity index (χ3v) is 6.16. The van der Waals surface area contributed by atoms with E-state index in [2.05, 4.69) is 71.7 Å². The average Bonchev–Trinajstić information content (AvgIpc) is 2.85. The Labute approximate surface area is 229 Å². The van der Waals surface area contributed by atoms with Gasteiger partial charge in [-0.2, -0.15) is 0 Å². The second-order valence-corrected chi connectivity index (χ2v) is 10.4. The Bertz CT molecular complexity index is 1210. The second kappa shape index (κ2) is 16.6. The van der Waals surface area contributed by atoms with Crippen LogP contribution in [0.1, 0.15) is 87.0 Å². The number of aromatic nitrogens is 1. The number of ether oxygens (including phenoxy) is 3. The Hall–Kier alpha value is -3.21. The Morgan fingerprint density at radius 3 is 1.92 bits per heavy atom. The normalized spacial score (nSPS) is 11.9. The van der Waals surface area contributed by atoms with Crippen molar-refractivity contribution in [2.75, 3.05) is 19.8 Å². The van der Waals surface area contributed by atoms with E-state index in [1.807, 2.05) is 24.3 Å². The van der Waals surface area contributed by atoms with Crippen LogP contribution in [0.4, 0.5) is 0 Å². The Morgan fingerprint density at radius 2 is 1.37 bits per heavy atom. The summed E-state index contributed by atoms with van der Waals surface area (Å²) < 4.78 is 18.1. The van der Waals surface area contributed by atoms with Gasteiger partial charge in [0.25, 0.3) is 5.56 Å². The van der Waals surface area contributed by atoms with E-state index < -0.39 is 0 Å². The van der Waals surface area contributed by atoms with E-state index in [0.717, 1.165) is 49.7 Å². The van der Waals surface area contributed by atoms with E-state index in [1.54, 1.807) is 0 Å². The number of hydrogen-bond donors (Lipinski definition) is 1. The maximum Gasteiger partial charge on any atom is 0.294 e. The third kappa shape index (κ3) is 11.0. The van der Waals surface area contributed by atoms with Gasteiger partial charge < -0.3 is 19.2 Å². The van der Waals surface area contributed by atoms with Crippen LogP contribution in [0.15, 0.2) is 69.6 Å². The SMILES string of the molecule is CCCCOc1ccc2c(OC/C=C(\C)CCC=C(C)C)c(OC/C=C(\C)CCC=C(C)C)c(=O)[nH]c2c1. The zero-order valence-corrected chi connectivity index (χ0v) is 24.5. The van der Waals surface area contributed by atoms with Crippen LogP contribution in [0.2, 0.25) is 0 Å². The van der Waals surface area contributed by atoms with E-state index >= 15 is 0 Å². The molecule has 1 N–H and O–H groups in total. The van der Waals surface area contributed by atoms with Gasteiger partial charge in [-0.1, -0.05) is 47.8 Å². The summed E-state index contributed by atoms with van der Waals surface area (Å²) in [6.07, 6.45) is 14.6. The van der Waals surface area contributed by atoms with Crippen LogP contribution in [-0.4, -0.2) is 24.8 Å². The van der Waals surface area contributed by atoms with E-state index in [4.69, 9.17) is 14.2 Å². The number of nitrogens with one attached hydrogen (secondary N) is 1. The van der Waals surface area contributed by atoms with Crippen LogP contribution in [0.5, 0.6) is 17.2 Å². The molecule has 2 rings (SSSR count). The summed E-state index contributed by atoms with van der Waals surface area (Å²) in [6, 6.07) is 5.71. The van der Waals surface area contributed by atoms with Crippen molar-refractivity contribution in [1.82, 2.24) is 4.98 Å². The zero-order chi connectivity index (χ0) is 27.9. The minimum Gasteiger partial charge on any atom is -0.494 e. The fourth-order valence-electron chi connectivity index (χ4n) is 3.84. The molecular weight excluding hydrogens is 474 g/mol. The third-order valence-electron chi connectivity index (χ3n) is 6.16. The number of pyridine rings is 1. The molecule has 0 aliphatic rings. The molecule has 1 heterocycles. The van der Waals surface area contributed by atoms with Crippen molar-refractivity contribution < 1.29 is 14.2 Å². The summed E-state index contributed by atoms with van der Waals surface area (Å²) in [5, 5.41) is 0.794. The highest BCUT2D eigenvalue weighted by Gasteiger charge is 2.16. The Morgan fingerprint density at radius 1 is 0.789 bits per heavy atom. The summed E-state index contributed by atoms with van der Waals surface area (Å²) in [4.78, 5) is 16.1. The van der Waals surface area contributed by atoms with Crippen molar-refractivity contribution in [3.8, 4) is 17.2 Å². The summed E-state index contributed by atoms with van der Waals surface area (Å²) in [7, 11) is 0. The van der Waals surface area contributed by atoms with Crippen LogP contribution >= 0.6 is 0 Å². The van der Waals surface area contributed by atoms with Gasteiger partial charge in [0.15, 0.2) is 5.75 Å². The molecule has 0 unspecified atom stereocenters. The van der Waals surface area contributed by atoms with Gasteiger partial charge in [-0.05, 0) is 97.9 Å². The molecule has 5 heteroatoms. The quantitative estimate of drug-likeness (QED) is 0.177. The lowest BCUT2D eigenvalue weighted by Gasteiger charge is -2.14. The Kier molecular flexibility index (Phi) is 13.5. The maximum absolute atomic E-state index is 13.1. The first-order valence-corrected chi connectivity index (χ1v) is 13.9. The zero-order valence-electron chi connectivity index (χ0n) is 24.5. The molecule has 0 bridgehead atoms. The topological polar surface area (TPSA) is 60.6 Å². The van der Waals surface area contributed by atoms with E-state index in [-0.39, 0.29) is 11.3 Å².